The number of nitrogens with two attached hydrogens (primary N) is 1. The fourth-order valence-corrected chi connectivity index (χ4v) is 1.50. The molecule has 1 atom stereocenters. The van der Waals surface area contributed by atoms with Crippen molar-refractivity contribution in [3.05, 3.63) is 17.3 Å². The third kappa shape index (κ3) is 4.07. The highest BCUT2D eigenvalue weighted by molar-refractivity contribution is 5.80. The maximum Gasteiger partial charge on any atom is 0.208 e. The van der Waals surface area contributed by atoms with Crippen LogP contribution in [-0.2, 0) is 6.54 Å². The van der Waals surface area contributed by atoms with E-state index in [1.807, 2.05) is 20.8 Å². The second kappa shape index (κ2) is 6.24. The second-order valence-corrected chi connectivity index (χ2v) is 4.03. The molecule has 0 bridgehead atoms. The van der Waals surface area contributed by atoms with Crippen LogP contribution in [0, 0.1) is 13.8 Å². The van der Waals surface area contributed by atoms with Crippen LogP contribution in [0.5, 0.6) is 0 Å². The monoisotopic (exact) mass is 240 g/mol. The third-order valence-electron chi connectivity index (χ3n) is 2.69. The van der Waals surface area contributed by atoms with Gasteiger partial charge < -0.3 is 20.7 Å². The van der Waals surface area contributed by atoms with E-state index in [4.69, 9.17) is 15.4 Å². The van der Waals surface area contributed by atoms with Crippen LogP contribution >= 0.6 is 0 Å². The number of oxime groups is 1. The van der Waals surface area contributed by atoms with E-state index in [0.717, 1.165) is 17.9 Å². The standard InChI is InChI=1S/C11H20N4O2/c1-4-9(5-10(12)15-16)13-6-11-14-7(2)8(3)17-11/h9,13,16H,4-6H2,1-3H3,(H2,12,15). The predicted molar refractivity (Wildman–Crippen MR) is 64.9 cm³/mol. The molecule has 6 nitrogen and oxygen atoms in total. The van der Waals surface area contributed by atoms with Crippen molar-refractivity contribution in [2.45, 2.75) is 46.2 Å². The van der Waals surface area contributed by atoms with E-state index in [-0.39, 0.29) is 11.9 Å². The van der Waals surface area contributed by atoms with Crippen molar-refractivity contribution in [3.8, 4) is 0 Å². The van der Waals surface area contributed by atoms with Crippen molar-refractivity contribution >= 4 is 5.84 Å². The predicted octanol–water partition coefficient (Wildman–Crippen LogP) is 1.30. The molecule has 17 heavy (non-hydrogen) atoms. The van der Waals surface area contributed by atoms with Crippen LogP contribution in [0.4, 0.5) is 0 Å². The molecular formula is C11H20N4O2. The smallest absolute Gasteiger partial charge is 0.208 e. The molecule has 0 aromatic carbocycles. The van der Waals surface area contributed by atoms with Crippen LogP contribution in [0.2, 0.25) is 0 Å². The molecule has 6 heteroatoms. The average molecular weight is 240 g/mol. The fraction of sp³-hybridized carbons (Fsp3) is 0.636. The largest absolute Gasteiger partial charge is 0.444 e. The number of aryl methyl sites for hydroxylation is 2. The van der Waals surface area contributed by atoms with E-state index in [1.165, 1.54) is 0 Å². The Morgan fingerprint density at radius 1 is 1.59 bits per heavy atom. The topological polar surface area (TPSA) is 96.7 Å². The zero-order valence-electron chi connectivity index (χ0n) is 10.5. The highest BCUT2D eigenvalue weighted by Gasteiger charge is 2.11. The Kier molecular flexibility index (Phi) is 4.96. The van der Waals surface area contributed by atoms with Gasteiger partial charge in [0.15, 0.2) is 0 Å². The summed E-state index contributed by atoms with van der Waals surface area (Å²) >= 11 is 0. The molecule has 1 rings (SSSR count). The molecule has 4 N–H and O–H groups in total. The summed E-state index contributed by atoms with van der Waals surface area (Å²) in [7, 11) is 0. The molecule has 0 aliphatic heterocycles. The minimum absolute atomic E-state index is 0.151. The highest BCUT2D eigenvalue weighted by atomic mass is 16.4. The molecule has 0 aliphatic carbocycles. The number of aromatic nitrogens is 1. The number of nitrogens with zero attached hydrogens (tertiary/aromatic N) is 2. The van der Waals surface area contributed by atoms with Gasteiger partial charge in [-0.1, -0.05) is 12.1 Å². The molecule has 0 aliphatic rings. The quantitative estimate of drug-likeness (QED) is 0.301. The Balaban J connectivity index is 2.47. The normalized spacial score (nSPS) is 13.9. The Labute approximate surface area is 101 Å². The number of rotatable bonds is 6. The van der Waals surface area contributed by atoms with Crippen molar-refractivity contribution in [3.63, 3.8) is 0 Å². The Morgan fingerprint density at radius 2 is 2.29 bits per heavy atom. The second-order valence-electron chi connectivity index (χ2n) is 4.03. The summed E-state index contributed by atoms with van der Waals surface area (Å²) in [5.41, 5.74) is 6.38. The van der Waals surface area contributed by atoms with E-state index >= 15 is 0 Å². The average Bonchev–Trinajstić information content (AvgIpc) is 2.63. The number of oxazole rings is 1. The summed E-state index contributed by atoms with van der Waals surface area (Å²) in [4.78, 5) is 4.28. The lowest BCUT2D eigenvalue weighted by Crippen LogP contribution is -2.32. The van der Waals surface area contributed by atoms with Crippen molar-refractivity contribution in [2.24, 2.45) is 10.9 Å². The summed E-state index contributed by atoms with van der Waals surface area (Å²) in [5.74, 6) is 1.73. The maximum absolute atomic E-state index is 8.51. The van der Waals surface area contributed by atoms with Crippen LogP contribution in [0.1, 0.15) is 37.1 Å². The molecule has 1 aromatic rings. The van der Waals surface area contributed by atoms with E-state index in [1.54, 1.807) is 0 Å². The van der Waals surface area contributed by atoms with Gasteiger partial charge in [-0.05, 0) is 20.3 Å². The zero-order valence-corrected chi connectivity index (χ0v) is 10.5. The van der Waals surface area contributed by atoms with Crippen LogP contribution < -0.4 is 11.1 Å². The van der Waals surface area contributed by atoms with E-state index in [0.29, 0.717) is 18.9 Å². The van der Waals surface area contributed by atoms with Gasteiger partial charge in [0.05, 0.1) is 12.2 Å². The zero-order chi connectivity index (χ0) is 12.8. The summed E-state index contributed by atoms with van der Waals surface area (Å²) in [6, 6.07) is 0.151. The molecule has 1 unspecified atom stereocenters. The number of hydrogen-bond donors (Lipinski definition) is 3. The number of hydrogen-bond acceptors (Lipinski definition) is 5. The summed E-state index contributed by atoms with van der Waals surface area (Å²) in [5, 5.41) is 14.7. The first-order valence-electron chi connectivity index (χ1n) is 5.69. The van der Waals surface area contributed by atoms with Gasteiger partial charge in [0, 0.05) is 12.5 Å². The molecule has 96 valence electrons. The SMILES string of the molecule is CCC(CC(N)=NO)NCc1nc(C)c(C)o1. The molecule has 0 spiro atoms. The van der Waals surface area contributed by atoms with Gasteiger partial charge in [-0.3, -0.25) is 0 Å². The Hall–Kier alpha value is -1.56. The van der Waals surface area contributed by atoms with Gasteiger partial charge in [0.1, 0.15) is 11.6 Å². The first-order valence-corrected chi connectivity index (χ1v) is 5.69. The van der Waals surface area contributed by atoms with Gasteiger partial charge >= 0.3 is 0 Å². The molecule has 0 amide bonds. The lowest BCUT2D eigenvalue weighted by Gasteiger charge is -2.14. The van der Waals surface area contributed by atoms with Crippen molar-refractivity contribution in [1.82, 2.24) is 10.3 Å². The van der Waals surface area contributed by atoms with Gasteiger partial charge in [-0.25, -0.2) is 4.98 Å². The summed E-state index contributed by atoms with van der Waals surface area (Å²) in [6.45, 7) is 6.38. The minimum Gasteiger partial charge on any atom is -0.444 e. The first kappa shape index (κ1) is 13.5. The molecule has 0 radical (unpaired) electrons. The van der Waals surface area contributed by atoms with Crippen molar-refractivity contribution < 1.29 is 9.62 Å². The molecular weight excluding hydrogens is 220 g/mol. The van der Waals surface area contributed by atoms with Gasteiger partial charge in [-0.2, -0.15) is 0 Å². The molecule has 1 aromatic heterocycles. The van der Waals surface area contributed by atoms with E-state index < -0.39 is 0 Å². The third-order valence-corrected chi connectivity index (χ3v) is 2.69. The molecule has 0 saturated heterocycles. The summed E-state index contributed by atoms with van der Waals surface area (Å²) < 4.78 is 5.46. The minimum atomic E-state index is 0.151. The number of nitrogens with one attached hydrogen (secondary N) is 1. The van der Waals surface area contributed by atoms with Crippen molar-refractivity contribution in [1.29, 1.82) is 0 Å². The fourth-order valence-electron chi connectivity index (χ4n) is 1.50. The first-order chi connectivity index (χ1) is 8.06. The van der Waals surface area contributed by atoms with E-state index in [9.17, 15) is 0 Å². The maximum atomic E-state index is 8.51. The Morgan fingerprint density at radius 3 is 2.76 bits per heavy atom. The lowest BCUT2D eigenvalue weighted by molar-refractivity contribution is 0.315. The van der Waals surface area contributed by atoms with Gasteiger partial charge in [-0.15, -0.1) is 0 Å². The van der Waals surface area contributed by atoms with Crippen LogP contribution in [0.25, 0.3) is 0 Å². The van der Waals surface area contributed by atoms with Crippen LogP contribution in [0.3, 0.4) is 0 Å². The van der Waals surface area contributed by atoms with E-state index in [2.05, 4.69) is 15.5 Å². The number of amidine groups is 1. The van der Waals surface area contributed by atoms with Gasteiger partial charge in [0.2, 0.25) is 5.89 Å². The van der Waals surface area contributed by atoms with Crippen molar-refractivity contribution in [2.75, 3.05) is 0 Å². The lowest BCUT2D eigenvalue weighted by atomic mass is 10.1. The Bertz CT molecular complexity index is 367. The van der Waals surface area contributed by atoms with Gasteiger partial charge in [0.25, 0.3) is 0 Å². The highest BCUT2D eigenvalue weighted by Crippen LogP contribution is 2.08. The summed E-state index contributed by atoms with van der Waals surface area (Å²) in [6.07, 6.45) is 1.39. The van der Waals surface area contributed by atoms with Crippen LogP contribution in [0.15, 0.2) is 9.57 Å². The molecule has 0 fully saturated rings. The molecule has 1 heterocycles. The van der Waals surface area contributed by atoms with Crippen LogP contribution in [-0.4, -0.2) is 22.1 Å². The molecule has 0 saturated carbocycles.